The van der Waals surface area contributed by atoms with E-state index in [1.807, 2.05) is 0 Å². The number of benzene rings is 1. The van der Waals surface area contributed by atoms with E-state index < -0.39 is 11.9 Å². The predicted octanol–water partition coefficient (Wildman–Crippen LogP) is 10.6. The maximum absolute atomic E-state index is 13.0. The summed E-state index contributed by atoms with van der Waals surface area (Å²) in [6, 6.07) is 0. The number of hydrogen-bond donors (Lipinski definition) is 0. The summed E-state index contributed by atoms with van der Waals surface area (Å²) in [5.74, 6) is -1.07. The summed E-state index contributed by atoms with van der Waals surface area (Å²) in [6.07, 6.45) is 15.9. The van der Waals surface area contributed by atoms with Gasteiger partial charge in [0.15, 0.2) is 0 Å². The fourth-order valence-corrected chi connectivity index (χ4v) is 6.05. The van der Waals surface area contributed by atoms with E-state index in [4.69, 9.17) is 9.47 Å². The van der Waals surface area contributed by atoms with Gasteiger partial charge < -0.3 is 9.47 Å². The summed E-state index contributed by atoms with van der Waals surface area (Å²) in [5, 5.41) is 0. The van der Waals surface area contributed by atoms with E-state index in [2.05, 4.69) is 77.6 Å². The minimum absolute atomic E-state index is 0.175. The lowest BCUT2D eigenvalue weighted by Crippen LogP contribution is -2.17. The molecule has 0 atom stereocenters. The molecule has 1 aromatic rings. The molecule has 0 amide bonds. The van der Waals surface area contributed by atoms with Crippen LogP contribution in [0.1, 0.15) is 124 Å². The Bertz CT molecular complexity index is 705. The Balaban J connectivity index is 2.70. The zero-order valence-electron chi connectivity index (χ0n) is 20.5. The Labute approximate surface area is 239 Å². The van der Waals surface area contributed by atoms with E-state index in [0.29, 0.717) is 31.1 Å². The van der Waals surface area contributed by atoms with Gasteiger partial charge in [0, 0.05) is 17.9 Å². The summed E-state index contributed by atoms with van der Waals surface area (Å²) in [6.45, 7) is 5.07. The standard InChI is InChI=1S/C26H38Br4O4/c1-3-5-7-9-11-13-15-17-33-25(31)19-20(22(28)24(30)23(29)21(19)27)26(32)34-18-16-14-12-10-8-6-4-2/h3-18H2,1-2H3. The molecular weight excluding hydrogens is 696 g/mol. The third-order valence-corrected chi connectivity index (χ3v) is 10.4. The highest BCUT2D eigenvalue weighted by atomic mass is 79.9. The van der Waals surface area contributed by atoms with Crippen LogP contribution in [-0.2, 0) is 9.47 Å². The Morgan fingerprint density at radius 1 is 0.500 bits per heavy atom. The molecule has 0 spiro atoms. The van der Waals surface area contributed by atoms with Gasteiger partial charge in [0.05, 0.1) is 24.3 Å². The van der Waals surface area contributed by atoms with Gasteiger partial charge in [0.25, 0.3) is 0 Å². The van der Waals surface area contributed by atoms with Gasteiger partial charge >= 0.3 is 11.9 Å². The second-order valence-electron chi connectivity index (χ2n) is 8.52. The van der Waals surface area contributed by atoms with Crippen LogP contribution in [0.15, 0.2) is 17.9 Å². The highest BCUT2D eigenvalue weighted by Gasteiger charge is 2.29. The Morgan fingerprint density at radius 2 is 0.794 bits per heavy atom. The summed E-state index contributed by atoms with van der Waals surface area (Å²) in [4.78, 5) is 25.9. The Morgan fingerprint density at radius 3 is 1.12 bits per heavy atom. The van der Waals surface area contributed by atoms with Crippen LogP contribution in [0.2, 0.25) is 0 Å². The van der Waals surface area contributed by atoms with Crippen LogP contribution >= 0.6 is 63.7 Å². The van der Waals surface area contributed by atoms with E-state index in [0.717, 1.165) is 38.5 Å². The van der Waals surface area contributed by atoms with Gasteiger partial charge in [0.2, 0.25) is 0 Å². The molecule has 0 N–H and O–H groups in total. The average Bonchev–Trinajstić information content (AvgIpc) is 2.82. The number of rotatable bonds is 18. The normalized spacial score (nSPS) is 11.0. The summed E-state index contributed by atoms with van der Waals surface area (Å²) < 4.78 is 13.3. The number of esters is 2. The molecule has 1 rings (SSSR count). The number of carbonyl (C=O) groups excluding carboxylic acids is 2. The summed E-state index contributed by atoms with van der Waals surface area (Å²) in [7, 11) is 0. The number of unbranched alkanes of at least 4 members (excludes halogenated alkanes) is 12. The minimum atomic E-state index is -0.533. The van der Waals surface area contributed by atoms with E-state index in [-0.39, 0.29) is 11.1 Å². The van der Waals surface area contributed by atoms with E-state index in [9.17, 15) is 9.59 Å². The molecule has 0 radical (unpaired) electrons. The maximum Gasteiger partial charge on any atom is 0.340 e. The highest BCUT2D eigenvalue weighted by Crippen LogP contribution is 2.42. The lowest BCUT2D eigenvalue weighted by molar-refractivity contribution is 0.0448. The molecule has 0 fully saturated rings. The second-order valence-corrected chi connectivity index (χ2v) is 11.7. The molecule has 34 heavy (non-hydrogen) atoms. The van der Waals surface area contributed by atoms with Crippen molar-refractivity contribution in [1.29, 1.82) is 0 Å². The first-order valence-corrected chi connectivity index (χ1v) is 15.7. The Kier molecular flexibility index (Phi) is 18.2. The van der Waals surface area contributed by atoms with Crippen LogP contribution in [0, 0.1) is 0 Å². The fraction of sp³-hybridized carbons (Fsp3) is 0.692. The maximum atomic E-state index is 13.0. The zero-order valence-corrected chi connectivity index (χ0v) is 26.8. The number of hydrogen-bond acceptors (Lipinski definition) is 4. The SMILES string of the molecule is CCCCCCCCCOC(=O)c1c(Br)c(Br)c(Br)c(Br)c1C(=O)OCCCCCCCCC. The third kappa shape index (κ3) is 11.4. The molecule has 4 nitrogen and oxygen atoms in total. The molecule has 0 aliphatic rings. The van der Waals surface area contributed by atoms with Crippen LogP contribution in [0.25, 0.3) is 0 Å². The lowest BCUT2D eigenvalue weighted by atomic mass is 10.1. The first-order valence-electron chi connectivity index (χ1n) is 12.6. The zero-order chi connectivity index (χ0) is 25.3. The monoisotopic (exact) mass is 730 g/mol. The fourth-order valence-electron chi connectivity index (χ4n) is 3.61. The van der Waals surface area contributed by atoms with Crippen LogP contribution in [0.3, 0.4) is 0 Å². The van der Waals surface area contributed by atoms with E-state index >= 15 is 0 Å². The van der Waals surface area contributed by atoms with Gasteiger partial charge in [-0.1, -0.05) is 90.9 Å². The lowest BCUT2D eigenvalue weighted by Gasteiger charge is -2.16. The van der Waals surface area contributed by atoms with Crippen molar-refractivity contribution in [3.8, 4) is 0 Å². The van der Waals surface area contributed by atoms with Crippen molar-refractivity contribution < 1.29 is 19.1 Å². The third-order valence-electron chi connectivity index (χ3n) is 5.64. The van der Waals surface area contributed by atoms with E-state index in [1.165, 1.54) is 51.4 Å². The van der Waals surface area contributed by atoms with Crippen LogP contribution < -0.4 is 0 Å². The van der Waals surface area contributed by atoms with Gasteiger partial charge in [-0.15, -0.1) is 0 Å². The van der Waals surface area contributed by atoms with Crippen molar-refractivity contribution in [2.24, 2.45) is 0 Å². The van der Waals surface area contributed by atoms with E-state index in [1.54, 1.807) is 0 Å². The molecule has 0 aliphatic heterocycles. The summed E-state index contributed by atoms with van der Waals surface area (Å²) in [5.41, 5.74) is 0.351. The van der Waals surface area contributed by atoms with Crippen molar-refractivity contribution in [3.05, 3.63) is 29.0 Å². The molecule has 0 aromatic heterocycles. The average molecular weight is 734 g/mol. The van der Waals surface area contributed by atoms with Crippen molar-refractivity contribution in [2.75, 3.05) is 13.2 Å². The molecule has 0 aliphatic carbocycles. The first-order chi connectivity index (χ1) is 16.4. The molecule has 1 aromatic carbocycles. The van der Waals surface area contributed by atoms with Crippen molar-refractivity contribution in [1.82, 2.24) is 0 Å². The smallest absolute Gasteiger partial charge is 0.340 e. The molecule has 0 unspecified atom stereocenters. The molecular formula is C26H38Br4O4. The van der Waals surface area contributed by atoms with Crippen LogP contribution in [0.5, 0.6) is 0 Å². The Hall–Kier alpha value is 0.0800. The molecule has 0 saturated heterocycles. The van der Waals surface area contributed by atoms with Crippen LogP contribution in [-0.4, -0.2) is 25.2 Å². The van der Waals surface area contributed by atoms with Crippen molar-refractivity contribution >= 4 is 75.7 Å². The minimum Gasteiger partial charge on any atom is -0.462 e. The topological polar surface area (TPSA) is 52.6 Å². The van der Waals surface area contributed by atoms with Gasteiger partial charge in [-0.05, 0) is 76.6 Å². The van der Waals surface area contributed by atoms with Crippen molar-refractivity contribution in [3.63, 3.8) is 0 Å². The molecule has 0 bridgehead atoms. The molecule has 8 heteroatoms. The second kappa shape index (κ2) is 19.2. The van der Waals surface area contributed by atoms with Gasteiger partial charge in [-0.2, -0.15) is 0 Å². The van der Waals surface area contributed by atoms with Gasteiger partial charge in [-0.3, -0.25) is 0 Å². The van der Waals surface area contributed by atoms with Crippen molar-refractivity contribution in [2.45, 2.75) is 104 Å². The van der Waals surface area contributed by atoms with Crippen LogP contribution in [0.4, 0.5) is 0 Å². The number of halogens is 4. The van der Waals surface area contributed by atoms with Gasteiger partial charge in [-0.25, -0.2) is 9.59 Å². The quantitative estimate of drug-likeness (QED) is 0.0652. The predicted molar refractivity (Wildman–Crippen MR) is 154 cm³/mol. The number of carbonyl (C=O) groups is 2. The largest absolute Gasteiger partial charge is 0.462 e. The molecule has 194 valence electrons. The summed E-state index contributed by atoms with van der Waals surface area (Å²) >= 11 is 13.9. The molecule has 0 heterocycles. The number of ether oxygens (including phenoxy) is 2. The highest BCUT2D eigenvalue weighted by molar-refractivity contribution is 9.15. The first kappa shape index (κ1) is 32.1. The van der Waals surface area contributed by atoms with Gasteiger partial charge in [0.1, 0.15) is 0 Å². The molecule has 0 saturated carbocycles.